The summed E-state index contributed by atoms with van der Waals surface area (Å²) in [5.41, 5.74) is -9.71. The van der Waals surface area contributed by atoms with Crippen LogP contribution >= 0.6 is 0 Å². The summed E-state index contributed by atoms with van der Waals surface area (Å²) in [6.07, 6.45) is 0. The molecule has 262 valence electrons. The fraction of sp³-hybridized carbons (Fsp3) is 0. The molecular formula is C51H32N4O. The van der Waals surface area contributed by atoms with E-state index in [4.69, 9.17) is 35.9 Å². The number of benzene rings is 8. The molecule has 5 nitrogen and oxygen atoms in total. The molecule has 0 aliphatic rings. The Bertz CT molecular complexity index is 4960. The average Bonchev–Trinajstić information content (AvgIpc) is 1.67. The minimum Gasteiger partial charge on any atom is -0.456 e. The Morgan fingerprint density at radius 2 is 0.929 bits per heavy atom. The van der Waals surface area contributed by atoms with Crippen LogP contribution in [0.4, 0.5) is 0 Å². The molecule has 0 saturated carbocycles. The summed E-state index contributed by atoms with van der Waals surface area (Å²) in [6.45, 7) is 0. The highest BCUT2D eigenvalue weighted by Gasteiger charge is 2.19. The maximum absolute atomic E-state index is 9.99. The van der Waals surface area contributed by atoms with Crippen molar-refractivity contribution in [3.8, 4) is 62.1 Å². The third kappa shape index (κ3) is 5.29. The van der Waals surface area contributed by atoms with E-state index in [1.54, 1.807) is 0 Å². The highest BCUT2D eigenvalue weighted by molar-refractivity contribution is 6.15. The molecule has 0 spiro atoms. The lowest BCUT2D eigenvalue weighted by molar-refractivity contribution is 0.669. The van der Waals surface area contributed by atoms with Crippen molar-refractivity contribution in [2.75, 3.05) is 0 Å². The Balaban J connectivity index is 1.29. The van der Waals surface area contributed by atoms with E-state index in [0.717, 1.165) is 0 Å². The van der Waals surface area contributed by atoms with Crippen molar-refractivity contribution in [2.45, 2.75) is 0 Å². The summed E-state index contributed by atoms with van der Waals surface area (Å²) in [5.74, 6) is -2.53. The zero-order valence-corrected chi connectivity index (χ0v) is 27.7. The molecule has 0 saturated heterocycles. The lowest BCUT2D eigenvalue weighted by Crippen LogP contribution is -2.00. The van der Waals surface area contributed by atoms with E-state index in [2.05, 4.69) is 15.0 Å². The summed E-state index contributed by atoms with van der Waals surface area (Å²) in [4.78, 5) is 12.7. The van der Waals surface area contributed by atoms with Crippen LogP contribution in [0, 0.1) is 0 Å². The van der Waals surface area contributed by atoms with Gasteiger partial charge in [0.1, 0.15) is 11.2 Å². The molecule has 0 aliphatic heterocycles. The molecule has 0 bridgehead atoms. The smallest absolute Gasteiger partial charge is 0.164 e. The first-order valence-electron chi connectivity index (χ1n) is 32.2. The Hall–Kier alpha value is -7.63. The van der Waals surface area contributed by atoms with Crippen LogP contribution in [0.25, 0.3) is 106 Å². The van der Waals surface area contributed by atoms with Crippen molar-refractivity contribution in [3.05, 3.63) is 193 Å². The molecular weight excluding hydrogens is 685 g/mol. The molecule has 11 rings (SSSR count). The van der Waals surface area contributed by atoms with Crippen LogP contribution in [0.3, 0.4) is 0 Å². The van der Waals surface area contributed by atoms with Crippen molar-refractivity contribution >= 4 is 43.7 Å². The molecule has 0 aliphatic carbocycles. The Morgan fingerprint density at radius 1 is 0.375 bits per heavy atom. The van der Waals surface area contributed by atoms with E-state index in [1.165, 1.54) is 0 Å². The number of furan rings is 1. The van der Waals surface area contributed by atoms with Gasteiger partial charge in [-0.2, -0.15) is 0 Å². The van der Waals surface area contributed by atoms with Gasteiger partial charge in [0.15, 0.2) is 17.5 Å². The van der Waals surface area contributed by atoms with Gasteiger partial charge in [-0.1, -0.05) is 151 Å². The molecule has 0 unspecified atom stereocenters. The van der Waals surface area contributed by atoms with Gasteiger partial charge in [0.2, 0.25) is 0 Å². The average molecular weight is 749 g/mol. The molecule has 0 fully saturated rings. The molecule has 3 aromatic heterocycles. The molecule has 3 heterocycles. The van der Waals surface area contributed by atoms with Crippen molar-refractivity contribution in [3.63, 3.8) is 0 Å². The summed E-state index contributed by atoms with van der Waals surface area (Å²) < 4.78 is 293. The predicted molar refractivity (Wildman–Crippen MR) is 229 cm³/mol. The summed E-state index contributed by atoms with van der Waals surface area (Å²) in [5, 5.41) is -2.55. The number of aromatic nitrogens is 4. The second-order valence-electron chi connectivity index (χ2n) is 11.6. The van der Waals surface area contributed by atoms with E-state index in [1.807, 2.05) is 0 Å². The fourth-order valence-electron chi connectivity index (χ4n) is 6.08. The molecule has 0 radical (unpaired) electrons. The molecule has 5 heteroatoms. The summed E-state index contributed by atoms with van der Waals surface area (Å²) in [6, 6.07) is -31.0. The fourth-order valence-corrected chi connectivity index (χ4v) is 6.08. The molecule has 56 heavy (non-hydrogen) atoms. The third-order valence-electron chi connectivity index (χ3n) is 8.43. The van der Waals surface area contributed by atoms with Crippen molar-refractivity contribution in [2.24, 2.45) is 0 Å². The number of hydrogen-bond donors (Lipinski definition) is 0. The standard InChI is InChI=1S/C51H32N4O/c1-4-15-33(16-5-1)49-52-50(34-17-6-2-7-18-34)54-51(53-49)36-28-30-43-47(32-36)56-46-26-14-24-42(48(43)46)39-22-11-10-21-38(39)35-27-29-41-40-23-12-13-25-44(40)55(45(41)31-35)37-19-8-3-9-20-37/h1-32H/i1D,2D,3D,4D,5D,6D,7D,8D,9D,10D,11D,12D,13D,14D,15D,16D,17D,18D,19D,20D,21D,22D,23D,24D,25D,26D,27D,28D,29D,30D,31D,32D. The van der Waals surface area contributed by atoms with Gasteiger partial charge in [0, 0.05) is 43.9 Å². The Kier molecular flexibility index (Phi) is 3.10. The van der Waals surface area contributed by atoms with Gasteiger partial charge in [-0.15, -0.1) is 0 Å². The van der Waals surface area contributed by atoms with Gasteiger partial charge in [-0.05, 0) is 64.6 Å². The Labute approximate surface area is 367 Å². The van der Waals surface area contributed by atoms with Gasteiger partial charge >= 0.3 is 0 Å². The lowest BCUT2D eigenvalue weighted by Gasteiger charge is -2.13. The normalized spacial score (nSPS) is 19.6. The van der Waals surface area contributed by atoms with Crippen LogP contribution in [0.5, 0.6) is 0 Å². The zero-order chi connectivity index (χ0) is 64.9. The molecule has 0 amide bonds. The van der Waals surface area contributed by atoms with Crippen LogP contribution in [-0.2, 0) is 0 Å². The highest BCUT2D eigenvalue weighted by Crippen LogP contribution is 2.43. The SMILES string of the molecule is [2H]c1c([2H])c([2H])c(-c2nc(-c3c([2H])c([2H])c([2H])c([2H])c3[2H])nc(-c3c([2H])c([2H])c4c(oc5c([2H])c([2H])c([2H])c(-c6c([2H])c([2H])c([2H])c([2H])c6-c6c([2H])c([2H])c7c8c([2H])c([2H])c([2H])c([2H])c8n(-c8c([2H])c([2H])c([2H])c([2H])c8[2H])c7c6[2H])c54)c3[2H])n2)c([2H])c1[2H]. The van der Waals surface area contributed by atoms with Crippen LogP contribution in [0.1, 0.15) is 43.9 Å². The topological polar surface area (TPSA) is 56.7 Å². The number of para-hydroxylation sites is 2. The highest BCUT2D eigenvalue weighted by atomic mass is 16.3. The van der Waals surface area contributed by atoms with E-state index < -0.39 is 299 Å². The summed E-state index contributed by atoms with van der Waals surface area (Å²) in [7, 11) is 0. The largest absolute Gasteiger partial charge is 0.456 e. The van der Waals surface area contributed by atoms with E-state index in [9.17, 15) is 12.3 Å². The predicted octanol–water partition coefficient (Wildman–Crippen LogP) is 13.2. The minimum absolute atomic E-state index is 0.570. The molecule has 0 atom stereocenters. The minimum atomic E-state index is -1.12. The second-order valence-corrected chi connectivity index (χ2v) is 11.6. The first-order valence-corrected chi connectivity index (χ1v) is 16.2. The van der Waals surface area contributed by atoms with E-state index in [0.29, 0.717) is 4.57 Å². The lowest BCUT2D eigenvalue weighted by atomic mass is 9.91. The van der Waals surface area contributed by atoms with E-state index >= 15 is 0 Å². The maximum atomic E-state index is 9.99. The van der Waals surface area contributed by atoms with Crippen LogP contribution < -0.4 is 0 Å². The van der Waals surface area contributed by atoms with Gasteiger partial charge in [-0.25, -0.2) is 15.0 Å². The van der Waals surface area contributed by atoms with Crippen molar-refractivity contribution in [1.29, 1.82) is 0 Å². The first-order chi connectivity index (χ1) is 41.1. The maximum Gasteiger partial charge on any atom is 0.164 e. The molecule has 11 aromatic rings. The number of rotatable bonds is 6. The van der Waals surface area contributed by atoms with Crippen LogP contribution in [0.2, 0.25) is 0 Å². The van der Waals surface area contributed by atoms with E-state index in [-0.39, 0.29) is 0 Å². The second kappa shape index (κ2) is 13.0. The van der Waals surface area contributed by atoms with Gasteiger partial charge in [0.05, 0.1) is 54.9 Å². The number of nitrogens with zero attached hydrogens (tertiary/aromatic N) is 4. The van der Waals surface area contributed by atoms with Gasteiger partial charge < -0.3 is 8.98 Å². The first kappa shape index (κ1) is 13.3. The Morgan fingerprint density at radius 3 is 1.66 bits per heavy atom. The molecule has 0 N–H and O–H groups in total. The quantitative estimate of drug-likeness (QED) is 0.170. The van der Waals surface area contributed by atoms with Crippen molar-refractivity contribution < 1.29 is 48.3 Å². The number of fused-ring (bicyclic) bond motifs is 6. The molecule has 8 aromatic carbocycles. The van der Waals surface area contributed by atoms with Crippen molar-refractivity contribution in [1.82, 2.24) is 19.5 Å². The van der Waals surface area contributed by atoms with Crippen LogP contribution in [-0.4, -0.2) is 19.5 Å². The number of hydrogen-bond acceptors (Lipinski definition) is 4. The van der Waals surface area contributed by atoms with Gasteiger partial charge in [-0.3, -0.25) is 0 Å². The monoisotopic (exact) mass is 748 g/mol. The zero-order valence-electron chi connectivity index (χ0n) is 59.7. The van der Waals surface area contributed by atoms with Crippen LogP contribution in [0.15, 0.2) is 198 Å². The summed E-state index contributed by atoms with van der Waals surface area (Å²) >= 11 is 0. The third-order valence-corrected chi connectivity index (χ3v) is 8.43. The van der Waals surface area contributed by atoms with Gasteiger partial charge in [0.25, 0.3) is 0 Å².